The monoisotopic (exact) mass is 384 g/mol. The van der Waals surface area contributed by atoms with E-state index in [1.807, 2.05) is 35.2 Å². The van der Waals surface area contributed by atoms with E-state index in [4.69, 9.17) is 11.6 Å². The maximum atomic E-state index is 12.7. The normalized spacial score (nSPS) is 22.8. The van der Waals surface area contributed by atoms with Crippen molar-refractivity contribution in [2.45, 2.75) is 31.8 Å². The molecule has 0 spiro atoms. The molecule has 0 aliphatic carbocycles. The van der Waals surface area contributed by atoms with Crippen molar-refractivity contribution in [2.24, 2.45) is 5.92 Å². The number of nitrogens with zero attached hydrogens (tertiary/aromatic N) is 1. The van der Waals surface area contributed by atoms with Crippen molar-refractivity contribution in [3.63, 3.8) is 0 Å². The van der Waals surface area contributed by atoms with Gasteiger partial charge < -0.3 is 10.2 Å². The summed E-state index contributed by atoms with van der Waals surface area (Å²) in [6.07, 6.45) is 4.30. The van der Waals surface area contributed by atoms with E-state index in [9.17, 15) is 13.2 Å². The number of hydrogen-bond acceptors (Lipinski definition) is 3. The van der Waals surface area contributed by atoms with Crippen molar-refractivity contribution in [2.75, 3.05) is 18.7 Å². The van der Waals surface area contributed by atoms with Gasteiger partial charge >= 0.3 is 6.03 Å². The summed E-state index contributed by atoms with van der Waals surface area (Å²) in [6, 6.07) is 9.35. The molecule has 0 bridgehead atoms. The van der Waals surface area contributed by atoms with Crippen LogP contribution >= 0.6 is 11.6 Å². The Kier molecular flexibility index (Phi) is 6.90. The molecule has 7 heteroatoms. The average molecular weight is 385 g/mol. The fourth-order valence-corrected chi connectivity index (χ4v) is 3.80. The van der Waals surface area contributed by atoms with Gasteiger partial charge in [0.25, 0.3) is 0 Å². The summed E-state index contributed by atoms with van der Waals surface area (Å²) < 4.78 is 22.4. The number of sulfone groups is 1. The van der Waals surface area contributed by atoms with Gasteiger partial charge in [-0.2, -0.15) is 0 Å². The number of piperidine rings is 1. The molecule has 2 amide bonds. The number of hydrogen-bond donors (Lipinski definition) is 1. The molecular weight excluding hydrogens is 360 g/mol. The third-order valence-electron chi connectivity index (χ3n) is 4.34. The summed E-state index contributed by atoms with van der Waals surface area (Å²) in [7, 11) is -3.20. The van der Waals surface area contributed by atoms with Gasteiger partial charge in [0.15, 0.2) is 9.84 Å². The maximum absolute atomic E-state index is 12.7. The molecule has 1 aromatic rings. The van der Waals surface area contributed by atoms with Gasteiger partial charge in [0.05, 0.1) is 6.04 Å². The second-order valence-electron chi connectivity index (χ2n) is 6.56. The molecule has 1 heterocycles. The van der Waals surface area contributed by atoms with E-state index in [0.29, 0.717) is 18.3 Å². The molecule has 1 fully saturated rings. The highest BCUT2D eigenvalue weighted by Crippen LogP contribution is 2.34. The van der Waals surface area contributed by atoms with E-state index in [1.54, 1.807) is 6.92 Å². The van der Waals surface area contributed by atoms with Gasteiger partial charge in [-0.05, 0) is 31.2 Å². The van der Waals surface area contributed by atoms with Gasteiger partial charge in [-0.25, -0.2) is 13.2 Å². The third-order valence-corrected chi connectivity index (χ3v) is 5.43. The van der Waals surface area contributed by atoms with Crippen LogP contribution in [-0.2, 0) is 9.84 Å². The lowest BCUT2D eigenvalue weighted by molar-refractivity contribution is 0.131. The summed E-state index contributed by atoms with van der Waals surface area (Å²) in [5.74, 6) is 0.977. The number of carbonyl (C=O) groups is 1. The van der Waals surface area contributed by atoms with Crippen LogP contribution in [0.4, 0.5) is 4.79 Å². The molecule has 1 unspecified atom stereocenters. The number of alkyl halides is 1. The summed E-state index contributed by atoms with van der Waals surface area (Å²) in [5, 5.41) is 3.97. The number of likely N-dealkylation sites (tertiary alicyclic amines) is 1. The molecule has 1 aliphatic heterocycles. The first kappa shape index (κ1) is 19.8. The van der Waals surface area contributed by atoms with Gasteiger partial charge in [0.2, 0.25) is 0 Å². The van der Waals surface area contributed by atoms with Crippen LogP contribution in [0.1, 0.15) is 31.4 Å². The van der Waals surface area contributed by atoms with E-state index < -0.39 is 9.84 Å². The lowest BCUT2D eigenvalue weighted by Gasteiger charge is -2.39. The summed E-state index contributed by atoms with van der Waals surface area (Å²) in [6.45, 7) is 2.38. The second-order valence-corrected chi connectivity index (χ2v) is 8.80. The zero-order valence-corrected chi connectivity index (χ0v) is 16.1. The average Bonchev–Trinajstić information content (AvgIpc) is 2.59. The van der Waals surface area contributed by atoms with E-state index >= 15 is 0 Å². The number of amides is 2. The topological polar surface area (TPSA) is 66.5 Å². The fourth-order valence-electron chi connectivity index (χ4n) is 3.00. The SMILES string of the molecule is CC(/C=C/S(C)(=O)=O)NC(=O)N1CC[C@H](CCl)C[C@@H]1c1ccccc1. The number of benzene rings is 1. The predicted octanol–water partition coefficient (Wildman–Crippen LogP) is 3.33. The molecule has 1 aliphatic rings. The third kappa shape index (κ3) is 6.04. The molecule has 5 nitrogen and oxygen atoms in total. The quantitative estimate of drug-likeness (QED) is 0.792. The number of nitrogens with one attached hydrogen (secondary N) is 1. The molecule has 1 saturated heterocycles. The molecule has 3 atom stereocenters. The number of carbonyl (C=O) groups excluding carboxylic acids is 1. The second kappa shape index (κ2) is 8.72. The Bertz CT molecular complexity index is 706. The van der Waals surface area contributed by atoms with Crippen molar-refractivity contribution in [1.82, 2.24) is 10.2 Å². The van der Waals surface area contributed by atoms with Gasteiger partial charge in [-0.1, -0.05) is 36.4 Å². The molecule has 1 N–H and O–H groups in total. The molecule has 1 aromatic carbocycles. The Morgan fingerprint density at radius 1 is 1.40 bits per heavy atom. The van der Waals surface area contributed by atoms with Crippen LogP contribution in [0.5, 0.6) is 0 Å². The van der Waals surface area contributed by atoms with Crippen LogP contribution in [-0.4, -0.2) is 44.1 Å². The van der Waals surface area contributed by atoms with Crippen molar-refractivity contribution in [1.29, 1.82) is 0 Å². The van der Waals surface area contributed by atoms with Crippen molar-refractivity contribution in [3.05, 3.63) is 47.4 Å². The zero-order valence-electron chi connectivity index (χ0n) is 14.6. The first-order valence-electron chi connectivity index (χ1n) is 8.36. The molecule has 2 rings (SSSR count). The Morgan fingerprint density at radius 3 is 2.68 bits per heavy atom. The minimum absolute atomic E-state index is 0.0233. The van der Waals surface area contributed by atoms with Crippen LogP contribution in [0.2, 0.25) is 0 Å². The summed E-state index contributed by atoms with van der Waals surface area (Å²) in [4.78, 5) is 14.5. The van der Waals surface area contributed by atoms with Crippen LogP contribution in [0.15, 0.2) is 41.8 Å². The maximum Gasteiger partial charge on any atom is 0.318 e. The molecular formula is C18H25ClN2O3S. The highest BCUT2D eigenvalue weighted by Gasteiger charge is 2.32. The standard InChI is InChI=1S/C18H25ClN2O3S/c1-14(9-11-25(2,23)24)20-18(22)21-10-8-15(13-19)12-17(21)16-6-4-3-5-7-16/h3-7,9,11,14-15,17H,8,10,12-13H2,1-2H3,(H,20,22)/b11-9+/t14?,15-,17+/m0/s1. The number of halogens is 1. The van der Waals surface area contributed by atoms with E-state index in [0.717, 1.165) is 30.1 Å². The smallest absolute Gasteiger partial charge is 0.318 e. The minimum atomic E-state index is -3.20. The minimum Gasteiger partial charge on any atom is -0.332 e. The summed E-state index contributed by atoms with van der Waals surface area (Å²) in [5.41, 5.74) is 1.09. The molecule has 0 saturated carbocycles. The first-order chi connectivity index (χ1) is 11.8. The molecule has 0 radical (unpaired) electrons. The first-order valence-corrected chi connectivity index (χ1v) is 10.9. The van der Waals surface area contributed by atoms with Gasteiger partial charge in [0, 0.05) is 30.1 Å². The van der Waals surface area contributed by atoms with Crippen molar-refractivity contribution in [3.8, 4) is 0 Å². The largest absolute Gasteiger partial charge is 0.332 e. The Balaban J connectivity index is 2.11. The van der Waals surface area contributed by atoms with Crippen LogP contribution in [0, 0.1) is 5.92 Å². The summed E-state index contributed by atoms with van der Waals surface area (Å²) >= 11 is 6.04. The van der Waals surface area contributed by atoms with E-state index in [2.05, 4.69) is 5.32 Å². The Hall–Kier alpha value is -1.53. The van der Waals surface area contributed by atoms with Crippen LogP contribution < -0.4 is 5.32 Å². The van der Waals surface area contributed by atoms with Crippen LogP contribution in [0.3, 0.4) is 0 Å². The van der Waals surface area contributed by atoms with Crippen LogP contribution in [0.25, 0.3) is 0 Å². The predicted molar refractivity (Wildman–Crippen MR) is 101 cm³/mol. The van der Waals surface area contributed by atoms with Crippen molar-refractivity contribution < 1.29 is 13.2 Å². The highest BCUT2D eigenvalue weighted by molar-refractivity contribution is 7.93. The van der Waals surface area contributed by atoms with Gasteiger partial charge in [-0.15, -0.1) is 11.6 Å². The molecule has 138 valence electrons. The number of urea groups is 1. The highest BCUT2D eigenvalue weighted by atomic mass is 35.5. The zero-order chi connectivity index (χ0) is 18.4. The molecule has 25 heavy (non-hydrogen) atoms. The van der Waals surface area contributed by atoms with E-state index in [1.165, 1.54) is 6.08 Å². The fraction of sp³-hybridized carbons (Fsp3) is 0.500. The lowest BCUT2D eigenvalue weighted by atomic mass is 9.88. The van der Waals surface area contributed by atoms with Gasteiger partial charge in [0.1, 0.15) is 0 Å². The van der Waals surface area contributed by atoms with Gasteiger partial charge in [-0.3, -0.25) is 0 Å². The number of rotatable bonds is 5. The van der Waals surface area contributed by atoms with E-state index in [-0.39, 0.29) is 18.1 Å². The van der Waals surface area contributed by atoms with Crippen molar-refractivity contribution >= 4 is 27.5 Å². The Labute approximate surface area is 155 Å². The molecule has 0 aromatic heterocycles. The Morgan fingerprint density at radius 2 is 2.08 bits per heavy atom. The lowest BCUT2D eigenvalue weighted by Crippen LogP contribution is -2.48.